The zero-order valence-electron chi connectivity index (χ0n) is 14.4. The number of benzene rings is 2. The van der Waals surface area contributed by atoms with E-state index in [0.717, 1.165) is 16.8 Å². The fraction of sp³-hybridized carbons (Fsp3) is 0.105. The third-order valence-electron chi connectivity index (χ3n) is 3.92. The lowest BCUT2D eigenvalue weighted by Gasteiger charge is -2.14. The Hall–Kier alpha value is -3.48. The van der Waals surface area contributed by atoms with Crippen LogP contribution in [0.4, 0.5) is 21.8 Å². The Labute approximate surface area is 149 Å². The predicted molar refractivity (Wildman–Crippen MR) is 101 cm³/mol. The van der Waals surface area contributed by atoms with E-state index in [9.17, 15) is 4.39 Å². The van der Waals surface area contributed by atoms with E-state index < -0.39 is 0 Å². The molecule has 0 saturated heterocycles. The molecule has 0 fully saturated rings. The highest BCUT2D eigenvalue weighted by Crippen LogP contribution is 2.27. The number of nitrogens with one attached hydrogen (secondary N) is 1. The van der Waals surface area contributed by atoms with Gasteiger partial charge in [-0.15, -0.1) is 0 Å². The number of rotatable bonds is 4. The normalized spacial score (nSPS) is 10.9. The fourth-order valence-electron chi connectivity index (χ4n) is 2.62. The molecule has 0 aliphatic rings. The highest BCUT2D eigenvalue weighted by Gasteiger charge is 2.15. The van der Waals surface area contributed by atoms with Gasteiger partial charge in [-0.05, 0) is 36.4 Å². The summed E-state index contributed by atoms with van der Waals surface area (Å²) in [6.07, 6.45) is 1.73. The van der Waals surface area contributed by atoms with Crippen LogP contribution in [0.2, 0.25) is 0 Å². The van der Waals surface area contributed by atoms with Gasteiger partial charge in [-0.1, -0.05) is 18.2 Å². The minimum Gasteiger partial charge on any atom is -0.347 e. The zero-order chi connectivity index (χ0) is 18.1. The maximum absolute atomic E-state index is 13.2. The van der Waals surface area contributed by atoms with Gasteiger partial charge in [0, 0.05) is 19.8 Å². The molecular weight excluding hydrogens is 331 g/mol. The van der Waals surface area contributed by atoms with Gasteiger partial charge in [0.1, 0.15) is 11.6 Å². The zero-order valence-corrected chi connectivity index (χ0v) is 14.4. The van der Waals surface area contributed by atoms with Crippen molar-refractivity contribution in [2.75, 3.05) is 24.3 Å². The van der Waals surface area contributed by atoms with Crippen molar-refractivity contribution in [2.24, 2.45) is 0 Å². The molecule has 7 heteroatoms. The third-order valence-corrected chi connectivity index (χ3v) is 3.92. The molecule has 0 radical (unpaired) electrons. The van der Waals surface area contributed by atoms with Crippen molar-refractivity contribution < 1.29 is 4.39 Å². The molecule has 4 rings (SSSR count). The summed E-state index contributed by atoms with van der Waals surface area (Å²) >= 11 is 0. The number of hydrogen-bond acceptors (Lipinski definition) is 5. The first-order valence-electron chi connectivity index (χ1n) is 8.13. The summed E-state index contributed by atoms with van der Waals surface area (Å²) in [7, 11) is 3.76. The Kier molecular flexibility index (Phi) is 3.96. The second-order valence-corrected chi connectivity index (χ2v) is 6.03. The van der Waals surface area contributed by atoms with Crippen molar-refractivity contribution in [1.82, 2.24) is 19.7 Å². The first-order chi connectivity index (χ1) is 12.6. The van der Waals surface area contributed by atoms with Crippen LogP contribution in [0.15, 0.2) is 60.8 Å². The molecule has 0 aliphatic heterocycles. The van der Waals surface area contributed by atoms with E-state index >= 15 is 0 Å². The molecule has 0 bridgehead atoms. The summed E-state index contributed by atoms with van der Waals surface area (Å²) in [5, 5.41) is 8.50. The molecule has 0 aliphatic carbocycles. The van der Waals surface area contributed by atoms with Gasteiger partial charge < -0.3 is 10.2 Å². The Balaban J connectivity index is 1.86. The number of para-hydroxylation sites is 1. The predicted octanol–water partition coefficient (Wildman–Crippen LogP) is 3.76. The lowest BCUT2D eigenvalue weighted by Crippen LogP contribution is -2.14. The lowest BCUT2D eigenvalue weighted by molar-refractivity contribution is 0.628. The number of anilines is 3. The van der Waals surface area contributed by atoms with Crippen molar-refractivity contribution in [3.8, 4) is 5.69 Å². The summed E-state index contributed by atoms with van der Waals surface area (Å²) in [5.41, 5.74) is 2.35. The minimum atomic E-state index is -0.283. The highest BCUT2D eigenvalue weighted by atomic mass is 19.1. The summed E-state index contributed by atoms with van der Waals surface area (Å²) in [4.78, 5) is 11.1. The number of halogens is 1. The molecule has 1 N–H and O–H groups in total. The summed E-state index contributed by atoms with van der Waals surface area (Å²) < 4.78 is 14.9. The van der Waals surface area contributed by atoms with Crippen LogP contribution in [0.3, 0.4) is 0 Å². The van der Waals surface area contributed by atoms with Gasteiger partial charge in [0.05, 0.1) is 17.3 Å². The van der Waals surface area contributed by atoms with E-state index in [2.05, 4.69) is 20.4 Å². The standard InChI is InChI=1S/C19H17FN6/c1-25(2)19-23-17(22-14-10-8-13(20)9-11-14)16-12-21-26(18(16)24-19)15-6-4-3-5-7-15/h3-12H,1-2H3,(H,22,23,24). The third kappa shape index (κ3) is 2.95. The molecule has 26 heavy (non-hydrogen) atoms. The SMILES string of the molecule is CN(C)c1nc(Nc2ccc(F)cc2)c2cnn(-c3ccccc3)c2n1. The van der Waals surface area contributed by atoms with Crippen LogP contribution in [0.25, 0.3) is 16.7 Å². The van der Waals surface area contributed by atoms with Crippen LogP contribution >= 0.6 is 0 Å². The second kappa shape index (κ2) is 6.44. The quantitative estimate of drug-likeness (QED) is 0.608. The van der Waals surface area contributed by atoms with E-state index in [-0.39, 0.29) is 5.82 Å². The minimum absolute atomic E-state index is 0.283. The van der Waals surface area contributed by atoms with E-state index in [1.165, 1.54) is 12.1 Å². The van der Waals surface area contributed by atoms with Gasteiger partial charge in [-0.25, -0.2) is 9.07 Å². The molecule has 4 aromatic rings. The summed E-state index contributed by atoms with van der Waals surface area (Å²) in [6, 6.07) is 15.9. The number of nitrogens with zero attached hydrogens (tertiary/aromatic N) is 5. The molecule has 6 nitrogen and oxygen atoms in total. The number of hydrogen-bond donors (Lipinski definition) is 1. The Bertz CT molecular complexity index is 1040. The van der Waals surface area contributed by atoms with Crippen LogP contribution in [-0.4, -0.2) is 33.8 Å². The summed E-state index contributed by atoms with van der Waals surface area (Å²) in [6.45, 7) is 0. The number of aromatic nitrogens is 4. The van der Waals surface area contributed by atoms with Crippen LogP contribution in [0.5, 0.6) is 0 Å². The first kappa shape index (κ1) is 16.0. The Morgan fingerprint density at radius 1 is 0.962 bits per heavy atom. The van der Waals surface area contributed by atoms with Gasteiger partial charge in [-0.2, -0.15) is 15.1 Å². The average Bonchev–Trinajstić information content (AvgIpc) is 3.08. The largest absolute Gasteiger partial charge is 0.347 e. The van der Waals surface area contributed by atoms with Crippen LogP contribution in [-0.2, 0) is 0 Å². The monoisotopic (exact) mass is 348 g/mol. The molecule has 0 atom stereocenters. The molecule has 2 heterocycles. The Morgan fingerprint density at radius 2 is 1.69 bits per heavy atom. The van der Waals surface area contributed by atoms with Crippen molar-refractivity contribution in [3.05, 3.63) is 66.6 Å². The van der Waals surface area contributed by atoms with Crippen LogP contribution < -0.4 is 10.2 Å². The lowest BCUT2D eigenvalue weighted by atomic mass is 10.3. The van der Waals surface area contributed by atoms with E-state index in [1.54, 1.807) is 23.0 Å². The van der Waals surface area contributed by atoms with Crippen molar-refractivity contribution >= 4 is 28.5 Å². The van der Waals surface area contributed by atoms with Crippen molar-refractivity contribution in [2.45, 2.75) is 0 Å². The second-order valence-electron chi connectivity index (χ2n) is 6.03. The van der Waals surface area contributed by atoms with Gasteiger partial charge in [0.15, 0.2) is 5.65 Å². The van der Waals surface area contributed by atoms with E-state index in [4.69, 9.17) is 0 Å². The van der Waals surface area contributed by atoms with Crippen molar-refractivity contribution in [1.29, 1.82) is 0 Å². The molecule has 130 valence electrons. The maximum Gasteiger partial charge on any atom is 0.228 e. The van der Waals surface area contributed by atoms with E-state index in [1.807, 2.05) is 49.3 Å². The van der Waals surface area contributed by atoms with Gasteiger partial charge in [0.2, 0.25) is 5.95 Å². The molecule has 0 unspecified atom stereocenters. The van der Waals surface area contributed by atoms with Crippen LogP contribution in [0.1, 0.15) is 0 Å². The van der Waals surface area contributed by atoms with Gasteiger partial charge in [-0.3, -0.25) is 0 Å². The molecule has 0 amide bonds. The molecule has 2 aromatic carbocycles. The molecule has 0 saturated carbocycles. The molecule has 0 spiro atoms. The number of fused-ring (bicyclic) bond motifs is 1. The topological polar surface area (TPSA) is 58.9 Å². The van der Waals surface area contributed by atoms with Gasteiger partial charge in [0.25, 0.3) is 0 Å². The van der Waals surface area contributed by atoms with Gasteiger partial charge >= 0.3 is 0 Å². The van der Waals surface area contributed by atoms with Crippen molar-refractivity contribution in [3.63, 3.8) is 0 Å². The fourth-order valence-corrected chi connectivity index (χ4v) is 2.62. The maximum atomic E-state index is 13.2. The van der Waals surface area contributed by atoms with E-state index in [0.29, 0.717) is 17.4 Å². The first-order valence-corrected chi connectivity index (χ1v) is 8.13. The Morgan fingerprint density at radius 3 is 2.38 bits per heavy atom. The molecular formula is C19H17FN6. The van der Waals surface area contributed by atoms with Crippen LogP contribution in [0, 0.1) is 5.82 Å². The summed E-state index contributed by atoms with van der Waals surface area (Å²) in [5.74, 6) is 0.890. The highest BCUT2D eigenvalue weighted by molar-refractivity contribution is 5.90. The molecule has 2 aromatic heterocycles. The average molecular weight is 348 g/mol. The smallest absolute Gasteiger partial charge is 0.228 e.